The van der Waals surface area contributed by atoms with Crippen LogP contribution in [-0.4, -0.2) is 77.6 Å². The highest BCUT2D eigenvalue weighted by Gasteiger charge is 2.18. The van der Waals surface area contributed by atoms with Gasteiger partial charge in [0.1, 0.15) is 24.8 Å². The van der Waals surface area contributed by atoms with Crippen molar-refractivity contribution in [3.63, 3.8) is 0 Å². The van der Waals surface area contributed by atoms with E-state index in [2.05, 4.69) is 25.9 Å². The first-order valence-corrected chi connectivity index (χ1v) is 11.3. The summed E-state index contributed by atoms with van der Waals surface area (Å²) in [7, 11) is 1.57. The van der Waals surface area contributed by atoms with E-state index in [1.807, 2.05) is 25.1 Å². The van der Waals surface area contributed by atoms with Crippen molar-refractivity contribution in [1.82, 2.24) is 19.9 Å². The molecule has 2 N–H and O–H groups in total. The third-order valence-corrected chi connectivity index (χ3v) is 5.83. The summed E-state index contributed by atoms with van der Waals surface area (Å²) in [6.45, 7) is 5.70. The van der Waals surface area contributed by atoms with Crippen molar-refractivity contribution in [2.45, 2.75) is 13.0 Å². The fourth-order valence-electron chi connectivity index (χ4n) is 4.15. The van der Waals surface area contributed by atoms with Crippen molar-refractivity contribution in [2.24, 2.45) is 0 Å². The molecule has 3 heterocycles. The van der Waals surface area contributed by atoms with Crippen LogP contribution >= 0.6 is 0 Å². The monoisotopic (exact) mass is 464 g/mol. The molecular weight excluding hydrogens is 436 g/mol. The molecule has 5 rings (SSSR count). The van der Waals surface area contributed by atoms with Gasteiger partial charge in [-0.15, -0.1) is 0 Å². The molecule has 2 aromatic carbocycles. The molecule has 0 amide bonds. The Kier molecular flexibility index (Phi) is 6.48. The van der Waals surface area contributed by atoms with Crippen LogP contribution < -0.4 is 14.2 Å². The summed E-state index contributed by atoms with van der Waals surface area (Å²) in [6, 6.07) is 11.5. The molecular formula is C25H28N4O5. The summed E-state index contributed by atoms with van der Waals surface area (Å²) < 4.78 is 22.9. The third-order valence-electron chi connectivity index (χ3n) is 5.83. The molecule has 1 saturated heterocycles. The number of aliphatic hydroxyl groups is 1. The highest BCUT2D eigenvalue weighted by atomic mass is 16.5. The Labute approximate surface area is 197 Å². The Bertz CT molecular complexity index is 1290. The molecule has 1 atom stereocenters. The number of aliphatic hydroxyl groups excluding tert-OH is 1. The summed E-state index contributed by atoms with van der Waals surface area (Å²) in [5.41, 5.74) is 2.80. The molecule has 178 valence electrons. The second kappa shape index (κ2) is 9.84. The van der Waals surface area contributed by atoms with Gasteiger partial charge in [-0.25, -0.2) is 9.97 Å². The van der Waals surface area contributed by atoms with Gasteiger partial charge < -0.3 is 29.0 Å². The molecule has 0 bridgehead atoms. The van der Waals surface area contributed by atoms with E-state index in [-0.39, 0.29) is 6.61 Å². The van der Waals surface area contributed by atoms with E-state index < -0.39 is 6.10 Å². The third kappa shape index (κ3) is 4.91. The second-order valence-corrected chi connectivity index (χ2v) is 8.38. The minimum Gasteiger partial charge on any atom is -0.493 e. The number of aromatic amines is 1. The number of nitrogens with zero attached hydrogens (tertiary/aromatic N) is 3. The molecule has 0 spiro atoms. The Morgan fingerprint density at radius 2 is 1.97 bits per heavy atom. The van der Waals surface area contributed by atoms with Gasteiger partial charge in [-0.3, -0.25) is 4.90 Å². The number of aryl methyl sites for hydroxylation is 1. The van der Waals surface area contributed by atoms with Crippen molar-refractivity contribution >= 4 is 21.8 Å². The molecule has 0 radical (unpaired) electrons. The number of hydrogen-bond acceptors (Lipinski definition) is 8. The molecule has 4 aromatic rings. The fourth-order valence-corrected chi connectivity index (χ4v) is 4.15. The summed E-state index contributed by atoms with van der Waals surface area (Å²) in [5, 5.41) is 12.2. The summed E-state index contributed by atoms with van der Waals surface area (Å²) in [5.74, 6) is 2.12. The van der Waals surface area contributed by atoms with Gasteiger partial charge in [-0.2, -0.15) is 0 Å². The SMILES string of the molecule is COc1cc2c(Oc3ccc4[nH]c(C)cc4c3)ncnc2cc1OCC(O)CN1CCOCC1. The number of benzene rings is 2. The number of rotatable bonds is 8. The molecule has 1 fully saturated rings. The van der Waals surface area contributed by atoms with Gasteiger partial charge in [0.15, 0.2) is 11.5 Å². The zero-order valence-corrected chi connectivity index (χ0v) is 19.3. The molecule has 1 aliphatic heterocycles. The predicted molar refractivity (Wildman–Crippen MR) is 128 cm³/mol. The summed E-state index contributed by atoms with van der Waals surface area (Å²) in [6.07, 6.45) is 0.829. The minimum absolute atomic E-state index is 0.143. The van der Waals surface area contributed by atoms with Crippen molar-refractivity contribution in [1.29, 1.82) is 0 Å². The first-order chi connectivity index (χ1) is 16.6. The normalized spacial score (nSPS) is 15.5. The van der Waals surface area contributed by atoms with Gasteiger partial charge in [-0.05, 0) is 37.3 Å². The quantitative estimate of drug-likeness (QED) is 0.410. The van der Waals surface area contributed by atoms with Crippen LogP contribution in [0.2, 0.25) is 0 Å². The molecule has 9 heteroatoms. The van der Waals surface area contributed by atoms with Crippen LogP contribution in [0.1, 0.15) is 5.69 Å². The maximum Gasteiger partial charge on any atom is 0.230 e. The Morgan fingerprint density at radius 3 is 2.79 bits per heavy atom. The van der Waals surface area contributed by atoms with Crippen molar-refractivity contribution in [3.8, 4) is 23.1 Å². The van der Waals surface area contributed by atoms with Crippen LogP contribution in [0.4, 0.5) is 0 Å². The number of nitrogens with one attached hydrogen (secondary N) is 1. The lowest BCUT2D eigenvalue weighted by atomic mass is 10.2. The maximum absolute atomic E-state index is 10.4. The van der Waals surface area contributed by atoms with Gasteiger partial charge >= 0.3 is 0 Å². The molecule has 1 aliphatic rings. The van der Waals surface area contributed by atoms with Crippen LogP contribution in [0.5, 0.6) is 23.1 Å². The number of methoxy groups -OCH3 is 1. The van der Waals surface area contributed by atoms with Crippen molar-refractivity contribution < 1.29 is 24.1 Å². The number of H-pyrrole nitrogens is 1. The van der Waals surface area contributed by atoms with E-state index in [0.717, 1.165) is 29.7 Å². The van der Waals surface area contributed by atoms with Crippen molar-refractivity contribution in [2.75, 3.05) is 46.6 Å². The lowest BCUT2D eigenvalue weighted by molar-refractivity contribution is 0.00446. The van der Waals surface area contributed by atoms with E-state index in [1.54, 1.807) is 19.2 Å². The second-order valence-electron chi connectivity index (χ2n) is 8.38. The average molecular weight is 465 g/mol. The first-order valence-electron chi connectivity index (χ1n) is 11.3. The lowest BCUT2D eigenvalue weighted by Gasteiger charge is -2.28. The number of β-amino-alcohol motifs (C(OH)–C–C–N with tert-alkyl or cyclic N) is 1. The van der Waals surface area contributed by atoms with Gasteiger partial charge in [0.05, 0.1) is 31.2 Å². The predicted octanol–water partition coefficient (Wildman–Crippen LogP) is 3.29. The van der Waals surface area contributed by atoms with E-state index in [1.165, 1.54) is 6.33 Å². The standard InChI is InChI=1S/C25H28N4O5/c1-16-9-17-10-19(3-4-21(17)28-16)34-25-20-11-23(31-2)24(12-22(20)26-15-27-25)33-14-18(30)13-29-5-7-32-8-6-29/h3-4,9-12,15,18,28,30H,5-8,13-14H2,1-2H3. The highest BCUT2D eigenvalue weighted by Crippen LogP contribution is 2.36. The lowest BCUT2D eigenvalue weighted by Crippen LogP contribution is -2.42. The van der Waals surface area contributed by atoms with Crippen LogP contribution in [-0.2, 0) is 4.74 Å². The van der Waals surface area contributed by atoms with E-state index in [0.29, 0.717) is 53.8 Å². The fraction of sp³-hybridized carbons (Fsp3) is 0.360. The zero-order valence-electron chi connectivity index (χ0n) is 19.3. The largest absolute Gasteiger partial charge is 0.493 e. The molecule has 1 unspecified atom stereocenters. The van der Waals surface area contributed by atoms with Crippen molar-refractivity contribution in [3.05, 3.63) is 48.4 Å². The molecule has 2 aromatic heterocycles. The smallest absolute Gasteiger partial charge is 0.230 e. The highest BCUT2D eigenvalue weighted by molar-refractivity contribution is 5.87. The van der Waals surface area contributed by atoms with Gasteiger partial charge in [0, 0.05) is 42.3 Å². The van der Waals surface area contributed by atoms with Gasteiger partial charge in [-0.1, -0.05) is 0 Å². The van der Waals surface area contributed by atoms with E-state index in [4.69, 9.17) is 18.9 Å². The maximum atomic E-state index is 10.4. The number of morpholine rings is 1. The summed E-state index contributed by atoms with van der Waals surface area (Å²) >= 11 is 0. The number of aromatic nitrogens is 3. The van der Waals surface area contributed by atoms with Crippen LogP contribution in [0, 0.1) is 6.92 Å². The molecule has 9 nitrogen and oxygen atoms in total. The Hall–Kier alpha value is -3.40. The molecule has 0 aliphatic carbocycles. The number of fused-ring (bicyclic) bond motifs is 2. The summed E-state index contributed by atoms with van der Waals surface area (Å²) in [4.78, 5) is 14.2. The van der Waals surface area contributed by atoms with Crippen LogP contribution in [0.3, 0.4) is 0 Å². The topological polar surface area (TPSA) is 102 Å². The number of hydrogen-bond donors (Lipinski definition) is 2. The van der Waals surface area contributed by atoms with Gasteiger partial charge in [0.25, 0.3) is 0 Å². The first kappa shape index (κ1) is 22.4. The van der Waals surface area contributed by atoms with Gasteiger partial charge in [0.2, 0.25) is 5.88 Å². The molecule has 0 saturated carbocycles. The van der Waals surface area contributed by atoms with E-state index >= 15 is 0 Å². The van der Waals surface area contributed by atoms with Crippen LogP contribution in [0.15, 0.2) is 42.7 Å². The van der Waals surface area contributed by atoms with Crippen LogP contribution in [0.25, 0.3) is 21.8 Å². The average Bonchev–Trinajstić information content (AvgIpc) is 3.22. The minimum atomic E-state index is -0.630. The zero-order chi connectivity index (χ0) is 23.5. The molecule has 34 heavy (non-hydrogen) atoms. The Balaban J connectivity index is 1.34. The number of ether oxygens (including phenoxy) is 4. The van der Waals surface area contributed by atoms with E-state index in [9.17, 15) is 5.11 Å². The Morgan fingerprint density at radius 1 is 1.12 bits per heavy atom.